The molecule has 0 amide bonds. The third-order valence-corrected chi connectivity index (χ3v) is 2.73. The molecule has 88 valence electrons. The zero-order valence-corrected chi connectivity index (χ0v) is 10.4. The molecule has 2 N–H and O–H groups in total. The number of rotatable bonds is 5. The lowest BCUT2D eigenvalue weighted by atomic mass is 10.0. The topological polar surface area (TPSA) is 52.3 Å². The molecule has 0 aliphatic heterocycles. The third-order valence-electron chi connectivity index (χ3n) is 2.16. The van der Waals surface area contributed by atoms with E-state index in [1.165, 1.54) is 6.07 Å². The van der Waals surface area contributed by atoms with E-state index in [0.29, 0.717) is 28.6 Å². The minimum atomic E-state index is -0.615. The van der Waals surface area contributed by atoms with Crippen LogP contribution >= 0.6 is 23.2 Å². The number of methoxy groups -OCH3 is 1. The van der Waals surface area contributed by atoms with Gasteiger partial charge in [0.15, 0.2) is 5.78 Å². The van der Waals surface area contributed by atoms with E-state index >= 15 is 0 Å². The van der Waals surface area contributed by atoms with E-state index in [0.717, 1.165) is 0 Å². The van der Waals surface area contributed by atoms with Gasteiger partial charge in [-0.25, -0.2) is 0 Å². The molecule has 5 heteroatoms. The van der Waals surface area contributed by atoms with Crippen LogP contribution in [-0.2, 0) is 4.74 Å². The second-order valence-electron chi connectivity index (χ2n) is 3.38. The number of carbonyl (C=O) groups excluding carboxylic acids is 1. The van der Waals surface area contributed by atoms with Crippen LogP contribution in [-0.4, -0.2) is 25.5 Å². The van der Waals surface area contributed by atoms with E-state index in [-0.39, 0.29) is 5.78 Å². The number of Topliss-reactive ketones (excluding diaryl/α,β-unsaturated/α-hetero) is 1. The maximum absolute atomic E-state index is 11.9. The van der Waals surface area contributed by atoms with Crippen LogP contribution in [0, 0.1) is 0 Å². The molecule has 0 aliphatic rings. The third kappa shape index (κ3) is 3.46. The Morgan fingerprint density at radius 3 is 2.81 bits per heavy atom. The van der Waals surface area contributed by atoms with Crippen molar-refractivity contribution < 1.29 is 9.53 Å². The standard InChI is InChI=1S/C11H13Cl2NO2/c1-16-5-4-10(14)11(15)8-6-7(12)2-3-9(8)13/h2-3,6,10H,4-5,14H2,1H3. The summed E-state index contributed by atoms with van der Waals surface area (Å²) in [6, 6.07) is 4.12. The van der Waals surface area contributed by atoms with Gasteiger partial charge in [0, 0.05) is 24.3 Å². The second-order valence-corrected chi connectivity index (χ2v) is 4.22. The molecule has 3 nitrogen and oxygen atoms in total. The molecule has 0 saturated carbocycles. The van der Waals surface area contributed by atoms with Crippen LogP contribution in [0.3, 0.4) is 0 Å². The highest BCUT2D eigenvalue weighted by Crippen LogP contribution is 2.22. The van der Waals surface area contributed by atoms with Crippen molar-refractivity contribution in [2.24, 2.45) is 5.73 Å². The van der Waals surface area contributed by atoms with Crippen molar-refractivity contribution >= 4 is 29.0 Å². The number of ketones is 1. The first-order valence-electron chi connectivity index (χ1n) is 4.80. The Labute approximate surface area is 104 Å². The summed E-state index contributed by atoms with van der Waals surface area (Å²) >= 11 is 11.7. The fourth-order valence-electron chi connectivity index (χ4n) is 1.26. The molecule has 0 aliphatic carbocycles. The summed E-state index contributed by atoms with van der Waals surface area (Å²) in [7, 11) is 1.56. The van der Waals surface area contributed by atoms with Gasteiger partial charge in [-0.15, -0.1) is 0 Å². The normalized spacial score (nSPS) is 12.5. The van der Waals surface area contributed by atoms with Crippen LogP contribution in [0.5, 0.6) is 0 Å². The van der Waals surface area contributed by atoms with Gasteiger partial charge in [-0.05, 0) is 24.6 Å². The van der Waals surface area contributed by atoms with Gasteiger partial charge in [-0.3, -0.25) is 4.79 Å². The first kappa shape index (κ1) is 13.5. The molecule has 1 unspecified atom stereocenters. The van der Waals surface area contributed by atoms with Crippen LogP contribution in [0.1, 0.15) is 16.8 Å². The van der Waals surface area contributed by atoms with Crippen LogP contribution in [0.4, 0.5) is 0 Å². The van der Waals surface area contributed by atoms with E-state index < -0.39 is 6.04 Å². The van der Waals surface area contributed by atoms with E-state index in [9.17, 15) is 4.79 Å². The summed E-state index contributed by atoms with van der Waals surface area (Å²) in [4.78, 5) is 11.9. The van der Waals surface area contributed by atoms with Gasteiger partial charge in [-0.2, -0.15) is 0 Å². The lowest BCUT2D eigenvalue weighted by Gasteiger charge is -2.11. The van der Waals surface area contributed by atoms with E-state index in [1.54, 1.807) is 19.2 Å². The molecule has 1 rings (SSSR count). The highest BCUT2D eigenvalue weighted by Gasteiger charge is 2.18. The molecule has 0 saturated heterocycles. The van der Waals surface area contributed by atoms with Gasteiger partial charge in [0.1, 0.15) is 0 Å². The predicted molar refractivity (Wildman–Crippen MR) is 65.3 cm³/mol. The number of halogens is 2. The lowest BCUT2D eigenvalue weighted by molar-refractivity contribution is 0.0935. The summed E-state index contributed by atoms with van der Waals surface area (Å²) in [5.74, 6) is -0.218. The van der Waals surface area contributed by atoms with Gasteiger partial charge in [0.05, 0.1) is 11.1 Å². The van der Waals surface area contributed by atoms with Gasteiger partial charge >= 0.3 is 0 Å². The molecule has 1 aromatic rings. The number of ether oxygens (including phenoxy) is 1. The van der Waals surface area contributed by atoms with Crippen molar-refractivity contribution in [2.75, 3.05) is 13.7 Å². The molecule has 0 spiro atoms. The highest BCUT2D eigenvalue weighted by molar-refractivity contribution is 6.36. The fourth-order valence-corrected chi connectivity index (χ4v) is 1.64. The SMILES string of the molecule is COCCC(N)C(=O)c1cc(Cl)ccc1Cl. The quantitative estimate of drug-likeness (QED) is 0.829. The van der Waals surface area contributed by atoms with Crippen LogP contribution in [0.15, 0.2) is 18.2 Å². The van der Waals surface area contributed by atoms with Crippen molar-refractivity contribution in [3.8, 4) is 0 Å². The smallest absolute Gasteiger partial charge is 0.181 e. The van der Waals surface area contributed by atoms with Crippen LogP contribution < -0.4 is 5.73 Å². The molecule has 0 radical (unpaired) electrons. The van der Waals surface area contributed by atoms with E-state index in [1.807, 2.05) is 0 Å². The molecule has 16 heavy (non-hydrogen) atoms. The Bertz CT molecular complexity index is 382. The molecule has 1 atom stereocenters. The Balaban J connectivity index is 2.83. The number of carbonyl (C=O) groups is 1. The molecular formula is C11H13Cl2NO2. The maximum Gasteiger partial charge on any atom is 0.181 e. The molecule has 0 aromatic heterocycles. The van der Waals surface area contributed by atoms with Gasteiger partial charge in [0.25, 0.3) is 0 Å². The maximum atomic E-state index is 11.9. The summed E-state index contributed by atoms with van der Waals surface area (Å²) in [6.45, 7) is 0.436. The van der Waals surface area contributed by atoms with Crippen molar-refractivity contribution in [1.29, 1.82) is 0 Å². The van der Waals surface area contributed by atoms with Crippen molar-refractivity contribution in [2.45, 2.75) is 12.5 Å². The Hall–Kier alpha value is -0.610. The zero-order valence-electron chi connectivity index (χ0n) is 8.87. The second kappa shape index (κ2) is 6.21. The average Bonchev–Trinajstić information content (AvgIpc) is 2.28. The number of benzene rings is 1. The molecule has 0 bridgehead atoms. The minimum absolute atomic E-state index is 0.218. The number of hydrogen-bond acceptors (Lipinski definition) is 3. The average molecular weight is 262 g/mol. The summed E-state index contributed by atoms with van der Waals surface area (Å²) < 4.78 is 4.86. The fraction of sp³-hybridized carbons (Fsp3) is 0.364. The first-order valence-corrected chi connectivity index (χ1v) is 5.55. The Kier molecular flexibility index (Phi) is 5.22. The Morgan fingerprint density at radius 1 is 1.50 bits per heavy atom. The summed E-state index contributed by atoms with van der Waals surface area (Å²) in [5.41, 5.74) is 6.08. The number of nitrogens with two attached hydrogens (primary N) is 1. The van der Waals surface area contributed by atoms with E-state index in [2.05, 4.69) is 0 Å². The van der Waals surface area contributed by atoms with Crippen LogP contribution in [0.25, 0.3) is 0 Å². The largest absolute Gasteiger partial charge is 0.385 e. The molecule has 0 heterocycles. The summed E-state index contributed by atoms with van der Waals surface area (Å²) in [6.07, 6.45) is 0.457. The molecule has 0 fully saturated rings. The minimum Gasteiger partial charge on any atom is -0.385 e. The van der Waals surface area contributed by atoms with Gasteiger partial charge in [0.2, 0.25) is 0 Å². The molecular weight excluding hydrogens is 249 g/mol. The summed E-state index contributed by atoms with van der Waals surface area (Å²) in [5, 5.41) is 0.828. The highest BCUT2D eigenvalue weighted by atomic mass is 35.5. The monoisotopic (exact) mass is 261 g/mol. The number of hydrogen-bond donors (Lipinski definition) is 1. The predicted octanol–water partition coefficient (Wildman–Crippen LogP) is 2.54. The Morgan fingerprint density at radius 2 is 2.19 bits per heavy atom. The first-order chi connectivity index (χ1) is 7.56. The van der Waals surface area contributed by atoms with Crippen LogP contribution in [0.2, 0.25) is 10.0 Å². The molecule has 1 aromatic carbocycles. The van der Waals surface area contributed by atoms with Crippen molar-refractivity contribution in [3.63, 3.8) is 0 Å². The lowest BCUT2D eigenvalue weighted by Crippen LogP contribution is -2.31. The van der Waals surface area contributed by atoms with Gasteiger partial charge in [-0.1, -0.05) is 23.2 Å². The van der Waals surface area contributed by atoms with E-state index in [4.69, 9.17) is 33.7 Å². The van der Waals surface area contributed by atoms with Crippen molar-refractivity contribution in [3.05, 3.63) is 33.8 Å². The van der Waals surface area contributed by atoms with Gasteiger partial charge < -0.3 is 10.5 Å². The zero-order chi connectivity index (χ0) is 12.1. The van der Waals surface area contributed by atoms with Crippen molar-refractivity contribution in [1.82, 2.24) is 0 Å².